The molecule has 0 saturated heterocycles. The molecule has 1 aromatic rings. The summed E-state index contributed by atoms with van der Waals surface area (Å²) >= 11 is 6.17. The van der Waals surface area contributed by atoms with Crippen molar-refractivity contribution in [3.05, 3.63) is 16.7 Å². The second-order valence-corrected chi connectivity index (χ2v) is 6.27. The van der Waals surface area contributed by atoms with Gasteiger partial charge in [-0.15, -0.1) is 0 Å². The van der Waals surface area contributed by atoms with Gasteiger partial charge >= 0.3 is 0 Å². The van der Waals surface area contributed by atoms with E-state index >= 15 is 0 Å². The first-order valence-electron chi connectivity index (χ1n) is 7.63. The number of nitrogens with one attached hydrogen (secondary N) is 2. The highest BCUT2D eigenvalue weighted by atomic mass is 35.5. The summed E-state index contributed by atoms with van der Waals surface area (Å²) in [7, 11) is 0. The van der Waals surface area contributed by atoms with Crippen molar-refractivity contribution in [3.63, 3.8) is 0 Å². The van der Waals surface area contributed by atoms with Gasteiger partial charge in [-0.05, 0) is 31.1 Å². The molecule has 1 aliphatic rings. The first-order valence-corrected chi connectivity index (χ1v) is 8.01. The van der Waals surface area contributed by atoms with Crippen molar-refractivity contribution in [2.45, 2.75) is 65.3 Å². The lowest BCUT2D eigenvalue weighted by Crippen LogP contribution is -2.23. The Morgan fingerprint density at radius 2 is 2.11 bits per heavy atom. The van der Waals surface area contributed by atoms with Crippen LogP contribution in [0, 0.1) is 5.41 Å². The highest BCUT2D eigenvalue weighted by Gasteiger charge is 2.40. The van der Waals surface area contributed by atoms with Crippen LogP contribution < -0.4 is 5.32 Å². The Kier molecular flexibility index (Phi) is 5.28. The Hall–Kier alpha value is -0.540. The van der Waals surface area contributed by atoms with Gasteiger partial charge in [-0.2, -0.15) is 0 Å². The quantitative estimate of drug-likeness (QED) is 0.717. The van der Waals surface area contributed by atoms with Crippen molar-refractivity contribution < 1.29 is 0 Å². The van der Waals surface area contributed by atoms with Gasteiger partial charge in [0.15, 0.2) is 5.15 Å². The lowest BCUT2D eigenvalue weighted by molar-refractivity contribution is 0.419. The topological polar surface area (TPSA) is 40.7 Å². The fourth-order valence-corrected chi connectivity index (χ4v) is 2.91. The smallest absolute Gasteiger partial charge is 0.151 e. The van der Waals surface area contributed by atoms with Crippen molar-refractivity contribution in [1.29, 1.82) is 0 Å². The maximum atomic E-state index is 6.17. The molecule has 4 heteroatoms. The SMILES string of the molecule is CCCCc1nc(Cl)c(CNCC2(CCC)CC2)[nH]1. The van der Waals surface area contributed by atoms with E-state index in [-0.39, 0.29) is 0 Å². The lowest BCUT2D eigenvalue weighted by atomic mass is 10.0. The van der Waals surface area contributed by atoms with Crippen LogP contribution in [0.1, 0.15) is 63.9 Å². The van der Waals surface area contributed by atoms with E-state index in [1.54, 1.807) is 0 Å². The minimum Gasteiger partial charge on any atom is -0.344 e. The molecule has 0 bridgehead atoms. The van der Waals surface area contributed by atoms with Crippen LogP contribution in [0.2, 0.25) is 5.15 Å². The zero-order valence-electron chi connectivity index (χ0n) is 12.2. The number of aromatic nitrogens is 2. The molecule has 0 unspecified atom stereocenters. The third kappa shape index (κ3) is 4.22. The summed E-state index contributed by atoms with van der Waals surface area (Å²) < 4.78 is 0. The number of hydrogen-bond acceptors (Lipinski definition) is 2. The Morgan fingerprint density at radius 3 is 2.74 bits per heavy atom. The van der Waals surface area contributed by atoms with Gasteiger partial charge in [-0.3, -0.25) is 0 Å². The van der Waals surface area contributed by atoms with E-state index in [2.05, 4.69) is 29.1 Å². The van der Waals surface area contributed by atoms with E-state index in [0.717, 1.165) is 37.4 Å². The van der Waals surface area contributed by atoms with Crippen LogP contribution >= 0.6 is 11.6 Å². The van der Waals surface area contributed by atoms with Gasteiger partial charge < -0.3 is 10.3 Å². The van der Waals surface area contributed by atoms with Gasteiger partial charge in [-0.25, -0.2) is 4.98 Å². The number of unbranched alkanes of at least 4 members (excludes halogenated alkanes) is 1. The molecule has 0 aliphatic heterocycles. The predicted molar refractivity (Wildman–Crippen MR) is 80.5 cm³/mol. The third-order valence-electron chi connectivity index (χ3n) is 4.08. The summed E-state index contributed by atoms with van der Waals surface area (Å²) in [6.45, 7) is 6.38. The van der Waals surface area contributed by atoms with Crippen LogP contribution in [0.3, 0.4) is 0 Å². The summed E-state index contributed by atoms with van der Waals surface area (Å²) in [6.07, 6.45) is 8.74. The van der Waals surface area contributed by atoms with Crippen LogP contribution in [0.5, 0.6) is 0 Å². The van der Waals surface area contributed by atoms with E-state index in [1.807, 2.05) is 0 Å². The van der Waals surface area contributed by atoms with Gasteiger partial charge in [0.05, 0.1) is 5.69 Å². The molecular weight excluding hydrogens is 258 g/mol. The Balaban J connectivity index is 1.77. The summed E-state index contributed by atoms with van der Waals surface area (Å²) in [5.41, 5.74) is 1.63. The number of H-pyrrole nitrogens is 1. The number of nitrogens with zero attached hydrogens (tertiary/aromatic N) is 1. The van der Waals surface area contributed by atoms with Crippen molar-refractivity contribution >= 4 is 11.6 Å². The molecule has 3 nitrogen and oxygen atoms in total. The second kappa shape index (κ2) is 6.76. The standard InChI is InChI=1S/C15H26ClN3/c1-3-5-6-13-18-12(14(16)19-13)10-17-11-15(7-4-2)8-9-15/h17H,3-11H2,1-2H3,(H,18,19). The Bertz CT molecular complexity index is 396. The zero-order chi connectivity index (χ0) is 13.7. The van der Waals surface area contributed by atoms with Crippen LogP contribution in [0.4, 0.5) is 0 Å². The van der Waals surface area contributed by atoms with E-state index < -0.39 is 0 Å². The van der Waals surface area contributed by atoms with E-state index in [1.165, 1.54) is 32.1 Å². The molecule has 0 aromatic carbocycles. The van der Waals surface area contributed by atoms with Crippen LogP contribution in [0.25, 0.3) is 0 Å². The van der Waals surface area contributed by atoms with Crippen LogP contribution in [0.15, 0.2) is 0 Å². The highest BCUT2D eigenvalue weighted by Crippen LogP contribution is 2.48. The molecule has 1 aliphatic carbocycles. The van der Waals surface area contributed by atoms with Gasteiger partial charge in [0.2, 0.25) is 0 Å². The number of imidazole rings is 1. The lowest BCUT2D eigenvalue weighted by Gasteiger charge is -2.14. The summed E-state index contributed by atoms with van der Waals surface area (Å²) in [5, 5.41) is 4.18. The first kappa shape index (κ1) is 14.9. The number of hydrogen-bond donors (Lipinski definition) is 2. The first-order chi connectivity index (χ1) is 9.19. The summed E-state index contributed by atoms with van der Waals surface area (Å²) in [5.74, 6) is 1.03. The number of aryl methyl sites for hydroxylation is 1. The average Bonchev–Trinajstić information content (AvgIpc) is 3.05. The fourth-order valence-electron chi connectivity index (χ4n) is 2.69. The van der Waals surface area contributed by atoms with E-state index in [4.69, 9.17) is 11.6 Å². The monoisotopic (exact) mass is 283 g/mol. The molecule has 1 heterocycles. The third-order valence-corrected chi connectivity index (χ3v) is 4.40. The Morgan fingerprint density at radius 1 is 1.32 bits per heavy atom. The van der Waals surface area contributed by atoms with Gasteiger partial charge in [0.25, 0.3) is 0 Å². The summed E-state index contributed by atoms with van der Waals surface area (Å²) in [4.78, 5) is 7.73. The second-order valence-electron chi connectivity index (χ2n) is 5.91. The molecule has 1 fully saturated rings. The molecule has 19 heavy (non-hydrogen) atoms. The molecule has 2 rings (SSSR count). The maximum Gasteiger partial charge on any atom is 0.151 e. The van der Waals surface area contributed by atoms with Crippen molar-refractivity contribution in [2.24, 2.45) is 5.41 Å². The minimum atomic E-state index is 0.590. The van der Waals surface area contributed by atoms with Gasteiger partial charge in [-0.1, -0.05) is 38.3 Å². The van der Waals surface area contributed by atoms with Gasteiger partial charge in [0.1, 0.15) is 5.82 Å². The molecule has 2 N–H and O–H groups in total. The fraction of sp³-hybridized carbons (Fsp3) is 0.800. The predicted octanol–water partition coefficient (Wildman–Crippen LogP) is 4.08. The maximum absolute atomic E-state index is 6.17. The van der Waals surface area contributed by atoms with Crippen LogP contribution in [-0.2, 0) is 13.0 Å². The highest BCUT2D eigenvalue weighted by molar-refractivity contribution is 6.30. The molecule has 0 radical (unpaired) electrons. The molecule has 1 saturated carbocycles. The van der Waals surface area contributed by atoms with Crippen LogP contribution in [-0.4, -0.2) is 16.5 Å². The number of rotatable bonds is 9. The van der Waals surface area contributed by atoms with Crippen molar-refractivity contribution in [1.82, 2.24) is 15.3 Å². The normalized spacial score (nSPS) is 16.8. The zero-order valence-corrected chi connectivity index (χ0v) is 12.9. The molecule has 0 atom stereocenters. The molecule has 1 aromatic heterocycles. The van der Waals surface area contributed by atoms with E-state index in [0.29, 0.717) is 10.6 Å². The molecule has 108 valence electrons. The number of aromatic amines is 1. The minimum absolute atomic E-state index is 0.590. The Labute approximate surface area is 121 Å². The molecule has 0 amide bonds. The largest absolute Gasteiger partial charge is 0.344 e. The molecular formula is C15H26ClN3. The average molecular weight is 284 g/mol. The van der Waals surface area contributed by atoms with Crippen molar-refractivity contribution in [2.75, 3.05) is 6.54 Å². The van der Waals surface area contributed by atoms with Gasteiger partial charge in [0, 0.05) is 19.5 Å². The molecule has 0 spiro atoms. The summed E-state index contributed by atoms with van der Waals surface area (Å²) in [6, 6.07) is 0. The van der Waals surface area contributed by atoms with Crippen molar-refractivity contribution in [3.8, 4) is 0 Å². The number of halogens is 1. The van der Waals surface area contributed by atoms with E-state index in [9.17, 15) is 0 Å².